The Bertz CT molecular complexity index is 543. The molecule has 0 bridgehead atoms. The maximum atomic E-state index is 13.2. The van der Waals surface area contributed by atoms with E-state index in [-0.39, 0.29) is 18.0 Å². The SMILES string of the molecule is CC(C)(C)OC(=O)N[C@H]1CC[C@H](Oc2cc(F)ccc2N)C1. The van der Waals surface area contributed by atoms with Gasteiger partial charge in [0.15, 0.2) is 0 Å². The maximum absolute atomic E-state index is 13.2. The van der Waals surface area contributed by atoms with Gasteiger partial charge in [0, 0.05) is 18.5 Å². The molecule has 1 aromatic carbocycles. The van der Waals surface area contributed by atoms with Gasteiger partial charge in [-0.25, -0.2) is 9.18 Å². The minimum Gasteiger partial charge on any atom is -0.488 e. The molecule has 1 saturated carbocycles. The molecule has 0 saturated heterocycles. The minimum atomic E-state index is -0.519. The predicted octanol–water partition coefficient (Wildman–Crippen LogP) is 3.23. The van der Waals surface area contributed by atoms with Gasteiger partial charge in [-0.2, -0.15) is 0 Å². The summed E-state index contributed by atoms with van der Waals surface area (Å²) in [5.41, 5.74) is 5.66. The first-order valence-corrected chi connectivity index (χ1v) is 7.44. The van der Waals surface area contributed by atoms with Crippen LogP contribution in [0.25, 0.3) is 0 Å². The highest BCUT2D eigenvalue weighted by atomic mass is 19.1. The number of hydrogen-bond acceptors (Lipinski definition) is 4. The van der Waals surface area contributed by atoms with Gasteiger partial charge >= 0.3 is 6.09 Å². The first kappa shape index (κ1) is 16.4. The summed E-state index contributed by atoms with van der Waals surface area (Å²) in [5, 5.41) is 2.83. The number of nitrogen functional groups attached to an aromatic ring is 1. The fourth-order valence-electron chi connectivity index (χ4n) is 2.44. The van der Waals surface area contributed by atoms with Gasteiger partial charge in [0.1, 0.15) is 23.3 Å². The molecule has 1 aliphatic rings. The van der Waals surface area contributed by atoms with Crippen molar-refractivity contribution in [2.75, 3.05) is 5.73 Å². The van der Waals surface area contributed by atoms with E-state index in [1.165, 1.54) is 18.2 Å². The van der Waals surface area contributed by atoms with Crippen LogP contribution in [0.3, 0.4) is 0 Å². The Kier molecular flexibility index (Phi) is 4.78. The Morgan fingerprint density at radius 3 is 2.77 bits per heavy atom. The Balaban J connectivity index is 1.85. The number of nitrogens with one attached hydrogen (secondary N) is 1. The summed E-state index contributed by atoms with van der Waals surface area (Å²) in [6.07, 6.45) is 1.69. The van der Waals surface area contributed by atoms with E-state index in [4.69, 9.17) is 15.2 Å². The van der Waals surface area contributed by atoms with E-state index in [9.17, 15) is 9.18 Å². The lowest BCUT2D eigenvalue weighted by Gasteiger charge is -2.22. The largest absolute Gasteiger partial charge is 0.488 e. The number of halogens is 1. The third-order valence-corrected chi connectivity index (χ3v) is 3.37. The molecular weight excluding hydrogens is 287 g/mol. The second-order valence-electron chi connectivity index (χ2n) is 6.58. The Morgan fingerprint density at radius 2 is 2.09 bits per heavy atom. The fourth-order valence-corrected chi connectivity index (χ4v) is 2.44. The molecule has 1 aromatic rings. The van der Waals surface area contributed by atoms with E-state index in [0.717, 1.165) is 12.8 Å². The quantitative estimate of drug-likeness (QED) is 0.841. The smallest absolute Gasteiger partial charge is 0.407 e. The van der Waals surface area contributed by atoms with Crippen LogP contribution < -0.4 is 15.8 Å². The number of alkyl carbamates (subject to hydrolysis) is 1. The molecule has 1 amide bonds. The molecule has 1 fully saturated rings. The lowest BCUT2D eigenvalue weighted by atomic mass is 10.2. The average Bonchev–Trinajstić information content (AvgIpc) is 2.78. The second kappa shape index (κ2) is 6.42. The van der Waals surface area contributed by atoms with Gasteiger partial charge in [-0.05, 0) is 45.7 Å². The summed E-state index contributed by atoms with van der Waals surface area (Å²) in [4.78, 5) is 11.7. The number of rotatable bonds is 3. The molecule has 2 atom stereocenters. The third-order valence-electron chi connectivity index (χ3n) is 3.37. The number of amides is 1. The van der Waals surface area contributed by atoms with Crippen molar-refractivity contribution in [3.05, 3.63) is 24.0 Å². The zero-order chi connectivity index (χ0) is 16.3. The van der Waals surface area contributed by atoms with Crippen LogP contribution >= 0.6 is 0 Å². The highest BCUT2D eigenvalue weighted by Gasteiger charge is 2.29. The summed E-state index contributed by atoms with van der Waals surface area (Å²) in [7, 11) is 0. The van der Waals surface area contributed by atoms with Crippen molar-refractivity contribution in [3.8, 4) is 5.75 Å². The zero-order valence-corrected chi connectivity index (χ0v) is 13.2. The Labute approximate surface area is 130 Å². The van der Waals surface area contributed by atoms with Gasteiger partial charge in [0.2, 0.25) is 0 Å². The van der Waals surface area contributed by atoms with Crippen molar-refractivity contribution in [2.24, 2.45) is 0 Å². The van der Waals surface area contributed by atoms with Crippen molar-refractivity contribution in [1.29, 1.82) is 0 Å². The van der Waals surface area contributed by atoms with Gasteiger partial charge in [-0.3, -0.25) is 0 Å². The van der Waals surface area contributed by atoms with Crippen LogP contribution in [0.5, 0.6) is 5.75 Å². The molecule has 5 nitrogen and oxygen atoms in total. The van der Waals surface area contributed by atoms with E-state index in [1.54, 1.807) is 0 Å². The van der Waals surface area contributed by atoms with Gasteiger partial charge in [-0.1, -0.05) is 0 Å². The number of ether oxygens (including phenoxy) is 2. The Morgan fingerprint density at radius 1 is 1.36 bits per heavy atom. The standard InChI is InChI=1S/C16H23FN2O3/c1-16(2,3)22-15(20)19-11-5-6-12(9-11)21-14-8-10(17)4-7-13(14)18/h4,7-8,11-12H,5-6,9,18H2,1-3H3,(H,19,20)/t11-,12-/m0/s1. The van der Waals surface area contributed by atoms with Gasteiger partial charge in [-0.15, -0.1) is 0 Å². The molecule has 6 heteroatoms. The highest BCUT2D eigenvalue weighted by molar-refractivity contribution is 5.68. The molecule has 0 heterocycles. The zero-order valence-electron chi connectivity index (χ0n) is 13.2. The number of carbonyl (C=O) groups is 1. The first-order valence-electron chi connectivity index (χ1n) is 7.44. The number of nitrogens with two attached hydrogens (primary N) is 1. The van der Waals surface area contributed by atoms with Crippen LogP contribution in [0, 0.1) is 5.82 Å². The second-order valence-corrected chi connectivity index (χ2v) is 6.58. The van der Waals surface area contributed by atoms with Crippen LogP contribution in [-0.2, 0) is 4.74 Å². The molecule has 3 N–H and O–H groups in total. The summed E-state index contributed by atoms with van der Waals surface area (Å²) in [6, 6.07) is 4.05. The van der Waals surface area contributed by atoms with Crippen LogP contribution in [0.4, 0.5) is 14.9 Å². The van der Waals surface area contributed by atoms with Crippen LogP contribution in [0.1, 0.15) is 40.0 Å². The molecule has 0 unspecified atom stereocenters. The van der Waals surface area contributed by atoms with Gasteiger partial charge in [0.05, 0.1) is 5.69 Å². The molecule has 0 aromatic heterocycles. The van der Waals surface area contributed by atoms with E-state index in [1.807, 2.05) is 20.8 Å². The highest BCUT2D eigenvalue weighted by Crippen LogP contribution is 2.29. The molecule has 0 spiro atoms. The summed E-state index contributed by atoms with van der Waals surface area (Å²) >= 11 is 0. The maximum Gasteiger partial charge on any atom is 0.407 e. The van der Waals surface area contributed by atoms with Gasteiger partial charge in [0.25, 0.3) is 0 Å². The fraction of sp³-hybridized carbons (Fsp3) is 0.562. The average molecular weight is 310 g/mol. The van der Waals surface area contributed by atoms with E-state index in [0.29, 0.717) is 17.9 Å². The monoisotopic (exact) mass is 310 g/mol. The van der Waals surface area contributed by atoms with Crippen molar-refractivity contribution >= 4 is 11.8 Å². The van der Waals surface area contributed by atoms with E-state index < -0.39 is 11.7 Å². The molecule has 1 aliphatic carbocycles. The van der Waals surface area contributed by atoms with Crippen molar-refractivity contribution < 1.29 is 18.7 Å². The number of carbonyl (C=O) groups excluding carboxylic acids is 1. The summed E-state index contributed by atoms with van der Waals surface area (Å²) < 4.78 is 24.2. The molecule has 0 aliphatic heterocycles. The van der Waals surface area contributed by atoms with Crippen LogP contribution in [0.15, 0.2) is 18.2 Å². The number of anilines is 1. The predicted molar refractivity (Wildman–Crippen MR) is 82.2 cm³/mol. The molecule has 22 heavy (non-hydrogen) atoms. The third kappa shape index (κ3) is 4.79. The lowest BCUT2D eigenvalue weighted by Crippen LogP contribution is -2.38. The molecular formula is C16H23FN2O3. The van der Waals surface area contributed by atoms with Crippen molar-refractivity contribution in [1.82, 2.24) is 5.32 Å². The molecule has 122 valence electrons. The minimum absolute atomic E-state index is 0.00497. The molecule has 0 radical (unpaired) electrons. The van der Waals surface area contributed by atoms with E-state index >= 15 is 0 Å². The lowest BCUT2D eigenvalue weighted by molar-refractivity contribution is 0.0503. The van der Waals surface area contributed by atoms with Crippen molar-refractivity contribution in [3.63, 3.8) is 0 Å². The van der Waals surface area contributed by atoms with Crippen LogP contribution in [0.2, 0.25) is 0 Å². The molecule has 2 rings (SSSR count). The van der Waals surface area contributed by atoms with Crippen molar-refractivity contribution in [2.45, 2.75) is 57.8 Å². The Hall–Kier alpha value is -1.98. The topological polar surface area (TPSA) is 73.6 Å². The summed E-state index contributed by atoms with van der Waals surface area (Å²) in [5.74, 6) is -0.0338. The normalized spacial score (nSPS) is 21.5. The van der Waals surface area contributed by atoms with Crippen LogP contribution in [-0.4, -0.2) is 23.8 Å². The number of benzene rings is 1. The van der Waals surface area contributed by atoms with E-state index in [2.05, 4.69) is 5.32 Å². The number of hydrogen-bond donors (Lipinski definition) is 2. The first-order chi connectivity index (χ1) is 10.2. The van der Waals surface area contributed by atoms with Gasteiger partial charge < -0.3 is 20.5 Å². The summed E-state index contributed by atoms with van der Waals surface area (Å²) in [6.45, 7) is 5.46.